The lowest BCUT2D eigenvalue weighted by Crippen LogP contribution is -2.25. The van der Waals surface area contributed by atoms with Crippen LogP contribution in [0.15, 0.2) is 23.1 Å². The molecule has 0 heterocycles. The number of ether oxygens (including phenoxy) is 2. The molecule has 0 bridgehead atoms. The van der Waals surface area contributed by atoms with Crippen molar-refractivity contribution in [1.29, 1.82) is 0 Å². The Bertz CT molecular complexity index is 607. The van der Waals surface area contributed by atoms with Crippen molar-refractivity contribution < 1.29 is 22.7 Å². The molecular weight excluding hydrogens is 282 g/mol. The number of rotatable bonds is 5. The summed E-state index contributed by atoms with van der Waals surface area (Å²) >= 11 is 0. The third-order valence-electron chi connectivity index (χ3n) is 3.24. The molecule has 1 fully saturated rings. The van der Waals surface area contributed by atoms with Gasteiger partial charge in [0, 0.05) is 7.11 Å². The van der Waals surface area contributed by atoms with Gasteiger partial charge in [0.05, 0.1) is 17.1 Å². The molecule has 1 aromatic rings. The van der Waals surface area contributed by atoms with Crippen molar-refractivity contribution in [2.75, 3.05) is 7.11 Å². The number of esters is 1. The van der Waals surface area contributed by atoms with E-state index in [2.05, 4.69) is 0 Å². The van der Waals surface area contributed by atoms with Crippen LogP contribution in [0.25, 0.3) is 0 Å². The van der Waals surface area contributed by atoms with Gasteiger partial charge in [0.15, 0.2) is 0 Å². The fraction of sp³-hybridized carbons (Fsp3) is 0.462. The van der Waals surface area contributed by atoms with Crippen LogP contribution in [0.2, 0.25) is 0 Å². The van der Waals surface area contributed by atoms with Crippen LogP contribution in [0.1, 0.15) is 35.2 Å². The minimum Gasteiger partial charge on any atom is -0.459 e. The van der Waals surface area contributed by atoms with E-state index in [0.29, 0.717) is 5.56 Å². The van der Waals surface area contributed by atoms with Gasteiger partial charge in [-0.2, -0.15) is 0 Å². The summed E-state index contributed by atoms with van der Waals surface area (Å²) in [5.74, 6) is -0.524. The first-order valence-corrected chi connectivity index (χ1v) is 7.82. The second-order valence-electron chi connectivity index (χ2n) is 4.76. The number of nitrogens with two attached hydrogens (primary N) is 1. The summed E-state index contributed by atoms with van der Waals surface area (Å²) in [7, 11) is -2.47. The summed E-state index contributed by atoms with van der Waals surface area (Å²) in [6, 6.07) is 4.27. The first kappa shape index (κ1) is 15.0. The average molecular weight is 299 g/mol. The summed E-state index contributed by atoms with van der Waals surface area (Å²) in [6.45, 7) is 0.101. The highest BCUT2D eigenvalue weighted by atomic mass is 32.2. The third-order valence-corrected chi connectivity index (χ3v) is 4.23. The molecule has 2 N–H and O–H groups in total. The highest BCUT2D eigenvalue weighted by molar-refractivity contribution is 7.89. The van der Waals surface area contributed by atoms with E-state index in [9.17, 15) is 13.2 Å². The Balaban J connectivity index is 2.28. The van der Waals surface area contributed by atoms with Crippen LogP contribution >= 0.6 is 0 Å². The van der Waals surface area contributed by atoms with Gasteiger partial charge in [0.25, 0.3) is 0 Å². The Morgan fingerprint density at radius 3 is 2.60 bits per heavy atom. The Kier molecular flexibility index (Phi) is 4.42. The molecule has 1 aliphatic carbocycles. The minimum absolute atomic E-state index is 0.0564. The summed E-state index contributed by atoms with van der Waals surface area (Å²) < 4.78 is 33.3. The number of hydrogen-bond donors (Lipinski definition) is 1. The highest BCUT2D eigenvalue weighted by Gasteiger charge is 2.24. The Labute approximate surface area is 117 Å². The molecule has 6 nitrogen and oxygen atoms in total. The number of primary sulfonamides is 1. The SMILES string of the molecule is COCc1ccc(C(=O)OC2CCC2)cc1S(N)(=O)=O. The number of carbonyl (C=O) groups excluding carboxylic acids is 1. The van der Waals surface area contributed by atoms with Gasteiger partial charge in [-0.1, -0.05) is 6.07 Å². The molecule has 2 rings (SSSR count). The van der Waals surface area contributed by atoms with Crippen LogP contribution in [0.3, 0.4) is 0 Å². The van der Waals surface area contributed by atoms with Crippen molar-refractivity contribution in [3.8, 4) is 0 Å². The van der Waals surface area contributed by atoms with Crippen LogP contribution in [0.5, 0.6) is 0 Å². The molecule has 1 saturated carbocycles. The van der Waals surface area contributed by atoms with Crippen LogP contribution in [0.4, 0.5) is 0 Å². The number of hydrogen-bond acceptors (Lipinski definition) is 5. The molecule has 0 unspecified atom stereocenters. The van der Waals surface area contributed by atoms with Crippen molar-refractivity contribution in [1.82, 2.24) is 0 Å². The van der Waals surface area contributed by atoms with E-state index in [4.69, 9.17) is 14.6 Å². The number of methoxy groups -OCH3 is 1. The van der Waals surface area contributed by atoms with E-state index in [1.54, 1.807) is 0 Å². The molecule has 0 aromatic heterocycles. The van der Waals surface area contributed by atoms with E-state index in [1.807, 2.05) is 0 Å². The van der Waals surface area contributed by atoms with Crippen LogP contribution in [-0.4, -0.2) is 27.6 Å². The molecule has 0 atom stereocenters. The fourth-order valence-corrected chi connectivity index (χ4v) is 2.71. The first-order valence-electron chi connectivity index (χ1n) is 6.27. The predicted molar refractivity (Wildman–Crippen MR) is 71.6 cm³/mol. The summed E-state index contributed by atoms with van der Waals surface area (Å²) in [5, 5.41) is 5.16. The van der Waals surface area contributed by atoms with Gasteiger partial charge in [-0.3, -0.25) is 0 Å². The second-order valence-corrected chi connectivity index (χ2v) is 6.29. The largest absolute Gasteiger partial charge is 0.459 e. The summed E-state index contributed by atoms with van der Waals surface area (Å²) in [5.41, 5.74) is 0.593. The van der Waals surface area contributed by atoms with Gasteiger partial charge in [0.2, 0.25) is 10.0 Å². The van der Waals surface area contributed by atoms with Gasteiger partial charge < -0.3 is 9.47 Å². The van der Waals surface area contributed by atoms with Gasteiger partial charge in [-0.25, -0.2) is 18.4 Å². The zero-order valence-corrected chi connectivity index (χ0v) is 12.0. The van der Waals surface area contributed by atoms with Crippen molar-refractivity contribution >= 4 is 16.0 Å². The average Bonchev–Trinajstić information content (AvgIpc) is 2.33. The number of benzene rings is 1. The molecule has 1 aliphatic rings. The first-order chi connectivity index (χ1) is 9.41. The third kappa shape index (κ3) is 3.36. The van der Waals surface area contributed by atoms with Crippen molar-refractivity contribution in [2.45, 2.75) is 36.9 Å². The maximum atomic E-state index is 11.9. The van der Waals surface area contributed by atoms with E-state index in [0.717, 1.165) is 19.3 Å². The lowest BCUT2D eigenvalue weighted by molar-refractivity contribution is 0.00897. The molecular formula is C13H17NO5S. The quantitative estimate of drug-likeness (QED) is 0.824. The maximum absolute atomic E-state index is 11.9. The van der Waals surface area contributed by atoms with Crippen LogP contribution in [0, 0.1) is 0 Å². The zero-order valence-electron chi connectivity index (χ0n) is 11.2. The molecule has 110 valence electrons. The lowest BCUT2D eigenvalue weighted by Gasteiger charge is -2.25. The zero-order chi connectivity index (χ0) is 14.8. The standard InChI is InChI=1S/C13H17NO5S/c1-18-8-10-6-5-9(7-12(10)20(14,16)17)13(15)19-11-3-2-4-11/h5-7,11H,2-4,8H2,1H3,(H2,14,16,17). The molecule has 0 aliphatic heterocycles. The minimum atomic E-state index is -3.92. The van der Waals surface area contributed by atoms with E-state index < -0.39 is 16.0 Å². The molecule has 20 heavy (non-hydrogen) atoms. The summed E-state index contributed by atoms with van der Waals surface area (Å²) in [4.78, 5) is 11.8. The van der Waals surface area contributed by atoms with E-state index in [1.165, 1.54) is 25.3 Å². The van der Waals surface area contributed by atoms with Crippen molar-refractivity contribution in [3.63, 3.8) is 0 Å². The Morgan fingerprint density at radius 2 is 2.10 bits per heavy atom. The molecule has 0 amide bonds. The monoisotopic (exact) mass is 299 g/mol. The molecule has 7 heteroatoms. The number of sulfonamides is 1. The number of carbonyl (C=O) groups is 1. The van der Waals surface area contributed by atoms with E-state index >= 15 is 0 Å². The second kappa shape index (κ2) is 5.90. The Morgan fingerprint density at radius 1 is 1.40 bits per heavy atom. The van der Waals surface area contributed by atoms with Crippen LogP contribution in [-0.2, 0) is 26.1 Å². The highest BCUT2D eigenvalue weighted by Crippen LogP contribution is 2.24. The van der Waals surface area contributed by atoms with Gasteiger partial charge in [0.1, 0.15) is 6.10 Å². The maximum Gasteiger partial charge on any atom is 0.338 e. The topological polar surface area (TPSA) is 95.7 Å². The molecule has 0 radical (unpaired) electrons. The van der Waals surface area contributed by atoms with Crippen LogP contribution < -0.4 is 5.14 Å². The molecule has 0 saturated heterocycles. The summed E-state index contributed by atoms with van der Waals surface area (Å²) in [6.07, 6.45) is 2.71. The normalized spacial score (nSPS) is 15.7. The van der Waals surface area contributed by atoms with E-state index in [-0.39, 0.29) is 23.2 Å². The fourth-order valence-electron chi connectivity index (χ4n) is 1.93. The lowest BCUT2D eigenvalue weighted by atomic mass is 9.96. The molecule has 0 spiro atoms. The molecule has 1 aromatic carbocycles. The van der Waals surface area contributed by atoms with Gasteiger partial charge in [-0.05, 0) is 37.0 Å². The smallest absolute Gasteiger partial charge is 0.338 e. The van der Waals surface area contributed by atoms with Gasteiger partial charge >= 0.3 is 5.97 Å². The predicted octanol–water partition coefficient (Wildman–Crippen LogP) is 1.19. The van der Waals surface area contributed by atoms with Crippen molar-refractivity contribution in [2.24, 2.45) is 5.14 Å². The van der Waals surface area contributed by atoms with Gasteiger partial charge in [-0.15, -0.1) is 0 Å². The van der Waals surface area contributed by atoms with Crippen molar-refractivity contribution in [3.05, 3.63) is 29.3 Å². The Hall–Kier alpha value is -1.44.